The van der Waals surface area contributed by atoms with E-state index in [0.717, 1.165) is 33.6 Å². The van der Waals surface area contributed by atoms with Crippen LogP contribution in [0.3, 0.4) is 0 Å². The van der Waals surface area contributed by atoms with Gasteiger partial charge in [-0.25, -0.2) is 4.99 Å². The number of nitrogens with one attached hydrogen (secondary N) is 2. The molecular formula is C31H35N5O3. The van der Waals surface area contributed by atoms with E-state index in [1.807, 2.05) is 54.6 Å². The van der Waals surface area contributed by atoms with Crippen LogP contribution in [0.1, 0.15) is 37.8 Å². The number of carbonyl (C=O) groups is 2. The first-order chi connectivity index (χ1) is 18.8. The van der Waals surface area contributed by atoms with E-state index in [2.05, 4.69) is 33.8 Å². The molecule has 202 valence electrons. The molecule has 0 unspecified atom stereocenters. The smallest absolute Gasteiger partial charge is 0.289 e. The number of amides is 2. The minimum atomic E-state index is -0.645. The van der Waals surface area contributed by atoms with Crippen molar-refractivity contribution in [3.05, 3.63) is 83.9 Å². The molecule has 0 bridgehead atoms. The molecule has 2 aliphatic heterocycles. The van der Waals surface area contributed by atoms with Crippen molar-refractivity contribution in [1.82, 2.24) is 5.32 Å². The predicted octanol–water partition coefficient (Wildman–Crippen LogP) is 4.24. The Morgan fingerprint density at radius 2 is 1.82 bits per heavy atom. The van der Waals surface area contributed by atoms with Crippen LogP contribution >= 0.6 is 0 Å². The average Bonchev–Trinajstić information content (AvgIpc) is 3.38. The number of carbonyl (C=O) groups excluding carboxylic acids is 2. The summed E-state index contributed by atoms with van der Waals surface area (Å²) in [5, 5.41) is 6.22. The number of hydrogen-bond acceptors (Lipinski definition) is 6. The molecule has 1 atom stereocenters. The maximum Gasteiger partial charge on any atom is 0.289 e. The molecule has 3 aromatic rings. The second-order valence-corrected chi connectivity index (χ2v) is 10.8. The van der Waals surface area contributed by atoms with Crippen molar-refractivity contribution >= 4 is 29.2 Å². The Morgan fingerprint density at radius 3 is 2.56 bits per heavy atom. The molecule has 4 N–H and O–H groups in total. The Hall–Kier alpha value is -4.17. The van der Waals surface area contributed by atoms with Gasteiger partial charge in [0.1, 0.15) is 12.6 Å². The highest BCUT2D eigenvalue weighted by atomic mass is 16.5. The van der Waals surface area contributed by atoms with Gasteiger partial charge in [0.2, 0.25) is 11.8 Å². The molecule has 0 saturated carbocycles. The van der Waals surface area contributed by atoms with E-state index < -0.39 is 11.6 Å². The highest BCUT2D eigenvalue weighted by Gasteiger charge is 2.32. The van der Waals surface area contributed by atoms with E-state index in [0.29, 0.717) is 38.6 Å². The first-order valence-electron chi connectivity index (χ1n) is 13.4. The van der Waals surface area contributed by atoms with Gasteiger partial charge in [-0.1, -0.05) is 60.7 Å². The van der Waals surface area contributed by atoms with Gasteiger partial charge in [-0.05, 0) is 55.5 Å². The van der Waals surface area contributed by atoms with Gasteiger partial charge in [0.25, 0.3) is 6.02 Å². The molecule has 2 amide bonds. The lowest BCUT2D eigenvalue weighted by Crippen LogP contribution is -2.49. The van der Waals surface area contributed by atoms with E-state index in [-0.39, 0.29) is 18.2 Å². The maximum absolute atomic E-state index is 13.8. The molecule has 0 aromatic heterocycles. The summed E-state index contributed by atoms with van der Waals surface area (Å²) in [4.78, 5) is 32.5. The molecule has 5 rings (SSSR count). The highest BCUT2D eigenvalue weighted by molar-refractivity contribution is 6.00. The quantitative estimate of drug-likeness (QED) is 0.428. The summed E-state index contributed by atoms with van der Waals surface area (Å²) in [7, 11) is 0. The molecule has 0 aliphatic carbocycles. The SMILES string of the molecule is CC(C)(N)CC(=O)N[C@@H]1CCc2ccccc2N(Cc2ccc(-c3ccccc3NC3=NCCO3)cc2)C1=O. The monoisotopic (exact) mass is 525 g/mol. The number of amidine groups is 1. The van der Waals surface area contributed by atoms with Gasteiger partial charge in [-0.3, -0.25) is 9.59 Å². The van der Waals surface area contributed by atoms with Crippen molar-refractivity contribution in [1.29, 1.82) is 0 Å². The van der Waals surface area contributed by atoms with Gasteiger partial charge in [-0.2, -0.15) is 0 Å². The number of aryl methyl sites for hydroxylation is 1. The van der Waals surface area contributed by atoms with Crippen LogP contribution in [0, 0.1) is 0 Å². The van der Waals surface area contributed by atoms with Crippen LogP contribution in [0.4, 0.5) is 11.4 Å². The molecular weight excluding hydrogens is 490 g/mol. The first-order valence-corrected chi connectivity index (χ1v) is 13.4. The number of para-hydroxylation sites is 2. The van der Waals surface area contributed by atoms with Gasteiger partial charge in [0, 0.05) is 23.2 Å². The second kappa shape index (κ2) is 11.3. The molecule has 8 nitrogen and oxygen atoms in total. The molecule has 0 radical (unpaired) electrons. The predicted molar refractivity (Wildman–Crippen MR) is 155 cm³/mol. The van der Waals surface area contributed by atoms with Crippen LogP contribution in [0.15, 0.2) is 77.8 Å². The van der Waals surface area contributed by atoms with E-state index >= 15 is 0 Å². The third-order valence-electron chi connectivity index (χ3n) is 6.86. The zero-order valence-corrected chi connectivity index (χ0v) is 22.4. The van der Waals surface area contributed by atoms with Crippen LogP contribution in [0.5, 0.6) is 0 Å². The number of hydrogen-bond donors (Lipinski definition) is 3. The summed E-state index contributed by atoms with van der Waals surface area (Å²) in [5.74, 6) is -0.323. The number of ether oxygens (including phenoxy) is 1. The first kappa shape index (κ1) is 26.4. The standard InChI is InChI=1S/C31H35N5O3/c1-31(2,32)19-28(37)34-26-16-15-23-7-3-6-10-27(23)36(29(26)38)20-21-11-13-22(14-12-21)24-8-4-5-9-25(24)35-30-33-17-18-39-30/h3-14,26H,15-20,32H2,1-2H3,(H,33,35)(H,34,37)/t26-/m1/s1. The van der Waals surface area contributed by atoms with E-state index in [1.54, 1.807) is 18.7 Å². The number of anilines is 2. The zero-order chi connectivity index (χ0) is 27.4. The highest BCUT2D eigenvalue weighted by Crippen LogP contribution is 2.31. The number of benzene rings is 3. The molecule has 0 spiro atoms. The van der Waals surface area contributed by atoms with Crippen molar-refractivity contribution in [2.45, 2.75) is 51.2 Å². The van der Waals surface area contributed by atoms with Crippen molar-refractivity contribution in [3.8, 4) is 11.1 Å². The molecule has 2 heterocycles. The summed E-state index contributed by atoms with van der Waals surface area (Å²) in [5.41, 5.74) is 11.3. The summed E-state index contributed by atoms with van der Waals surface area (Å²) in [6.07, 6.45) is 1.40. The van der Waals surface area contributed by atoms with Gasteiger partial charge in [0.15, 0.2) is 0 Å². The summed E-state index contributed by atoms with van der Waals surface area (Å²) in [6.45, 7) is 5.26. The van der Waals surface area contributed by atoms with Crippen LogP contribution < -0.4 is 21.3 Å². The Kier molecular flexibility index (Phi) is 7.65. The topological polar surface area (TPSA) is 109 Å². The van der Waals surface area contributed by atoms with Gasteiger partial charge < -0.3 is 26.0 Å². The van der Waals surface area contributed by atoms with Crippen molar-refractivity contribution in [2.24, 2.45) is 10.7 Å². The second-order valence-electron chi connectivity index (χ2n) is 10.8. The van der Waals surface area contributed by atoms with Crippen LogP contribution in [0.25, 0.3) is 11.1 Å². The molecule has 0 fully saturated rings. The van der Waals surface area contributed by atoms with Crippen molar-refractivity contribution in [3.63, 3.8) is 0 Å². The summed E-state index contributed by atoms with van der Waals surface area (Å²) < 4.78 is 5.53. The normalized spacial score (nSPS) is 17.1. The van der Waals surface area contributed by atoms with E-state index in [1.165, 1.54) is 0 Å². The zero-order valence-electron chi connectivity index (χ0n) is 22.4. The lowest BCUT2D eigenvalue weighted by molar-refractivity contribution is -0.128. The minimum absolute atomic E-state index is 0.112. The molecule has 39 heavy (non-hydrogen) atoms. The fraction of sp³-hybridized carbons (Fsp3) is 0.323. The summed E-state index contributed by atoms with van der Waals surface area (Å²) >= 11 is 0. The fourth-order valence-electron chi connectivity index (χ4n) is 5.01. The molecule has 0 saturated heterocycles. The van der Waals surface area contributed by atoms with Gasteiger partial charge in [0.05, 0.1) is 18.8 Å². The number of aliphatic imine (C=N–C) groups is 1. The molecule has 8 heteroatoms. The largest absolute Gasteiger partial charge is 0.463 e. The van der Waals surface area contributed by atoms with Gasteiger partial charge >= 0.3 is 0 Å². The Balaban J connectivity index is 1.37. The third-order valence-corrected chi connectivity index (χ3v) is 6.86. The van der Waals surface area contributed by atoms with Crippen LogP contribution in [0.2, 0.25) is 0 Å². The Bertz CT molecular complexity index is 1380. The van der Waals surface area contributed by atoms with E-state index in [9.17, 15) is 9.59 Å². The van der Waals surface area contributed by atoms with Crippen LogP contribution in [-0.2, 0) is 27.3 Å². The number of nitrogens with two attached hydrogens (primary N) is 1. The third kappa shape index (κ3) is 6.46. The Labute approximate surface area is 229 Å². The van der Waals surface area contributed by atoms with Crippen molar-refractivity contribution < 1.29 is 14.3 Å². The molecule has 2 aliphatic rings. The Morgan fingerprint density at radius 1 is 1.08 bits per heavy atom. The number of nitrogens with zero attached hydrogens (tertiary/aromatic N) is 2. The van der Waals surface area contributed by atoms with Crippen molar-refractivity contribution in [2.75, 3.05) is 23.4 Å². The maximum atomic E-state index is 13.8. The number of rotatable bonds is 7. The summed E-state index contributed by atoms with van der Waals surface area (Å²) in [6, 6.07) is 24.1. The van der Waals surface area contributed by atoms with Gasteiger partial charge in [-0.15, -0.1) is 0 Å². The lowest BCUT2D eigenvalue weighted by Gasteiger charge is -2.27. The minimum Gasteiger partial charge on any atom is -0.463 e. The fourth-order valence-corrected chi connectivity index (χ4v) is 5.01. The van der Waals surface area contributed by atoms with Crippen LogP contribution in [-0.4, -0.2) is 42.6 Å². The van der Waals surface area contributed by atoms with E-state index in [4.69, 9.17) is 10.5 Å². The lowest BCUT2D eigenvalue weighted by atomic mass is 10.0. The number of fused-ring (bicyclic) bond motifs is 1. The average molecular weight is 526 g/mol. The molecule has 3 aromatic carbocycles.